The lowest BCUT2D eigenvalue weighted by Gasteiger charge is -2.23. The molecular formula is C13H23BrO3. The van der Waals surface area contributed by atoms with Crippen LogP contribution in [0.3, 0.4) is 0 Å². The molecule has 0 aliphatic rings. The molecule has 0 unspecified atom stereocenters. The van der Waals surface area contributed by atoms with Crippen molar-refractivity contribution in [1.29, 1.82) is 0 Å². The Morgan fingerprint density at radius 2 is 1.88 bits per heavy atom. The van der Waals surface area contributed by atoms with Crippen molar-refractivity contribution in [3.8, 4) is 0 Å². The van der Waals surface area contributed by atoms with Crippen molar-refractivity contribution in [2.24, 2.45) is 5.92 Å². The van der Waals surface area contributed by atoms with Crippen LogP contribution in [-0.2, 0) is 14.3 Å². The predicted molar refractivity (Wildman–Crippen MR) is 72.3 cm³/mol. The van der Waals surface area contributed by atoms with Crippen LogP contribution in [0.4, 0.5) is 0 Å². The normalized spacial score (nSPS) is 16.1. The number of methoxy groups -OCH3 is 1. The summed E-state index contributed by atoms with van der Waals surface area (Å²) in [7, 11) is 1.30. The highest BCUT2D eigenvalue weighted by atomic mass is 79.9. The van der Waals surface area contributed by atoms with Gasteiger partial charge < -0.3 is 4.74 Å². The molecule has 100 valence electrons. The average Bonchev–Trinajstić information content (AvgIpc) is 2.31. The number of hydrogen-bond acceptors (Lipinski definition) is 3. The number of carbonyl (C=O) groups is 2. The summed E-state index contributed by atoms with van der Waals surface area (Å²) in [5, 5.41) is 0. The zero-order valence-electron chi connectivity index (χ0n) is 11.2. The molecule has 0 N–H and O–H groups in total. The zero-order chi connectivity index (χ0) is 13.5. The van der Waals surface area contributed by atoms with E-state index < -0.39 is 16.2 Å². The van der Waals surface area contributed by atoms with E-state index in [-0.39, 0.29) is 5.78 Å². The number of hydrogen-bond donors (Lipinski definition) is 0. The fourth-order valence-corrected chi connectivity index (χ4v) is 2.37. The molecule has 17 heavy (non-hydrogen) atoms. The monoisotopic (exact) mass is 306 g/mol. The van der Waals surface area contributed by atoms with Gasteiger partial charge in [-0.2, -0.15) is 0 Å². The molecule has 0 aliphatic carbocycles. The molecule has 0 amide bonds. The molecule has 0 fully saturated rings. The van der Waals surface area contributed by atoms with Crippen LogP contribution in [0.5, 0.6) is 0 Å². The van der Waals surface area contributed by atoms with Gasteiger partial charge in [0.05, 0.1) is 11.4 Å². The first-order chi connectivity index (χ1) is 7.86. The standard InChI is InChI=1S/C13H23BrO3/c1-5-6-7-8-9-13(3,14)11(15)10(2)12(16)17-4/h10H,5-9H2,1-4H3/t10-,13-/m0/s1. The molecule has 0 aromatic rings. The lowest BCUT2D eigenvalue weighted by Crippen LogP contribution is -2.37. The van der Waals surface area contributed by atoms with E-state index in [2.05, 4.69) is 27.6 Å². The summed E-state index contributed by atoms with van der Waals surface area (Å²) in [6.45, 7) is 5.58. The number of ketones is 1. The third-order valence-corrected chi connectivity index (χ3v) is 3.75. The van der Waals surface area contributed by atoms with Gasteiger partial charge in [-0.3, -0.25) is 9.59 Å². The zero-order valence-corrected chi connectivity index (χ0v) is 12.8. The number of Topliss-reactive ketones (excluding diaryl/α,β-unsaturated/α-hetero) is 1. The molecule has 0 aromatic heterocycles. The Bertz CT molecular complexity index is 261. The minimum Gasteiger partial charge on any atom is -0.468 e. The smallest absolute Gasteiger partial charge is 0.315 e. The number of unbranched alkanes of at least 4 members (excludes halogenated alkanes) is 3. The van der Waals surface area contributed by atoms with Gasteiger partial charge in [0, 0.05) is 0 Å². The first-order valence-electron chi connectivity index (χ1n) is 6.17. The summed E-state index contributed by atoms with van der Waals surface area (Å²) >= 11 is 3.44. The first kappa shape index (κ1) is 16.6. The van der Waals surface area contributed by atoms with Crippen LogP contribution in [0.2, 0.25) is 0 Å². The van der Waals surface area contributed by atoms with Gasteiger partial charge in [0.2, 0.25) is 0 Å². The van der Waals surface area contributed by atoms with Gasteiger partial charge in [-0.15, -0.1) is 0 Å². The molecular weight excluding hydrogens is 284 g/mol. The van der Waals surface area contributed by atoms with E-state index >= 15 is 0 Å². The molecule has 0 heterocycles. The fourth-order valence-electron chi connectivity index (χ4n) is 1.74. The Morgan fingerprint density at radius 1 is 1.29 bits per heavy atom. The quantitative estimate of drug-likeness (QED) is 0.298. The summed E-state index contributed by atoms with van der Waals surface area (Å²) in [5.74, 6) is -1.26. The second kappa shape index (κ2) is 7.85. The highest BCUT2D eigenvalue weighted by molar-refractivity contribution is 9.10. The molecule has 0 rings (SSSR count). The van der Waals surface area contributed by atoms with Gasteiger partial charge >= 0.3 is 5.97 Å². The van der Waals surface area contributed by atoms with Crippen LogP contribution in [0, 0.1) is 5.92 Å². The van der Waals surface area contributed by atoms with Crippen molar-refractivity contribution < 1.29 is 14.3 Å². The van der Waals surface area contributed by atoms with E-state index in [4.69, 9.17) is 0 Å². The number of ether oxygens (including phenoxy) is 1. The van der Waals surface area contributed by atoms with Crippen molar-refractivity contribution in [3.63, 3.8) is 0 Å². The van der Waals surface area contributed by atoms with E-state index in [1.807, 2.05) is 6.92 Å². The maximum absolute atomic E-state index is 12.1. The van der Waals surface area contributed by atoms with Crippen molar-refractivity contribution in [3.05, 3.63) is 0 Å². The lowest BCUT2D eigenvalue weighted by molar-refractivity contribution is -0.149. The van der Waals surface area contributed by atoms with E-state index in [0.717, 1.165) is 19.3 Å². The van der Waals surface area contributed by atoms with Crippen molar-refractivity contribution >= 4 is 27.7 Å². The lowest BCUT2D eigenvalue weighted by atomic mass is 9.91. The molecule has 0 spiro atoms. The second-order valence-electron chi connectivity index (χ2n) is 4.62. The van der Waals surface area contributed by atoms with E-state index in [0.29, 0.717) is 0 Å². The number of rotatable bonds is 8. The van der Waals surface area contributed by atoms with Crippen molar-refractivity contribution in [2.75, 3.05) is 7.11 Å². The van der Waals surface area contributed by atoms with Crippen molar-refractivity contribution in [1.82, 2.24) is 0 Å². The number of alkyl halides is 1. The molecule has 0 saturated heterocycles. The second-order valence-corrected chi connectivity index (χ2v) is 6.37. The minimum atomic E-state index is -0.699. The van der Waals surface area contributed by atoms with Gasteiger partial charge in [0.15, 0.2) is 5.78 Å². The summed E-state index contributed by atoms with van der Waals surface area (Å²) in [6.07, 6.45) is 5.23. The minimum absolute atomic E-state index is 0.0964. The van der Waals surface area contributed by atoms with Crippen LogP contribution in [0.1, 0.15) is 52.9 Å². The SMILES string of the molecule is CCCCCC[C@](C)(Br)C(=O)[C@H](C)C(=O)OC. The highest BCUT2D eigenvalue weighted by Gasteiger charge is 2.36. The van der Waals surface area contributed by atoms with E-state index in [1.165, 1.54) is 20.0 Å². The molecule has 0 saturated carbocycles. The van der Waals surface area contributed by atoms with Crippen LogP contribution in [0.25, 0.3) is 0 Å². The van der Waals surface area contributed by atoms with Gasteiger partial charge in [0.1, 0.15) is 5.92 Å². The van der Waals surface area contributed by atoms with Gasteiger partial charge in [-0.25, -0.2) is 0 Å². The van der Waals surface area contributed by atoms with Crippen LogP contribution in [-0.4, -0.2) is 23.2 Å². The van der Waals surface area contributed by atoms with Crippen LogP contribution in [0.15, 0.2) is 0 Å². The Kier molecular flexibility index (Phi) is 7.68. The Labute approximate surface area is 112 Å². The van der Waals surface area contributed by atoms with Gasteiger partial charge in [-0.05, 0) is 20.3 Å². The van der Waals surface area contributed by atoms with Crippen LogP contribution >= 0.6 is 15.9 Å². The Morgan fingerprint density at radius 3 is 2.35 bits per heavy atom. The summed E-state index contributed by atoms with van der Waals surface area (Å²) < 4.78 is 3.97. The molecule has 3 nitrogen and oxygen atoms in total. The predicted octanol–water partition coefficient (Wildman–Crippen LogP) is 3.49. The van der Waals surface area contributed by atoms with Crippen LogP contribution < -0.4 is 0 Å². The molecule has 0 bridgehead atoms. The number of halogens is 1. The summed E-state index contributed by atoms with van der Waals surface area (Å²) in [5.41, 5.74) is 0. The fraction of sp³-hybridized carbons (Fsp3) is 0.846. The van der Waals surface area contributed by atoms with Gasteiger partial charge in [0.25, 0.3) is 0 Å². The maximum Gasteiger partial charge on any atom is 0.315 e. The van der Waals surface area contributed by atoms with E-state index in [9.17, 15) is 9.59 Å². The van der Waals surface area contributed by atoms with Gasteiger partial charge in [-0.1, -0.05) is 48.5 Å². The van der Waals surface area contributed by atoms with E-state index in [1.54, 1.807) is 6.92 Å². The third kappa shape index (κ3) is 5.66. The maximum atomic E-state index is 12.1. The molecule has 0 aliphatic heterocycles. The highest BCUT2D eigenvalue weighted by Crippen LogP contribution is 2.29. The average molecular weight is 307 g/mol. The third-order valence-electron chi connectivity index (χ3n) is 2.96. The Balaban J connectivity index is 4.28. The molecule has 4 heteroatoms. The molecule has 0 aromatic carbocycles. The molecule has 2 atom stereocenters. The molecule has 0 radical (unpaired) electrons. The summed E-state index contributed by atoms with van der Waals surface area (Å²) in [4.78, 5) is 23.4. The summed E-state index contributed by atoms with van der Waals surface area (Å²) in [6, 6.07) is 0. The topological polar surface area (TPSA) is 43.4 Å². The Hall–Kier alpha value is -0.380. The largest absolute Gasteiger partial charge is 0.468 e. The first-order valence-corrected chi connectivity index (χ1v) is 6.97. The number of esters is 1. The van der Waals surface area contributed by atoms with Crippen molar-refractivity contribution in [2.45, 2.75) is 57.2 Å². The number of carbonyl (C=O) groups excluding carboxylic acids is 2.